The number of aromatic nitrogens is 2. The van der Waals surface area contributed by atoms with Crippen LogP contribution in [-0.2, 0) is 0 Å². The van der Waals surface area contributed by atoms with E-state index in [1.807, 2.05) is 12.4 Å². The van der Waals surface area contributed by atoms with Gasteiger partial charge in [0.05, 0.1) is 0 Å². The van der Waals surface area contributed by atoms with Gasteiger partial charge in [0.25, 0.3) is 0 Å². The molecule has 1 aliphatic heterocycles. The molecule has 1 aromatic heterocycles. The molecule has 88 valence electrons. The molecule has 4 nitrogen and oxygen atoms in total. The maximum absolute atomic E-state index is 9.06. The summed E-state index contributed by atoms with van der Waals surface area (Å²) in [6.45, 7) is 1.25. The summed E-state index contributed by atoms with van der Waals surface area (Å²) in [5, 5.41) is 9.06. The van der Waals surface area contributed by atoms with Crippen molar-refractivity contribution in [3.8, 4) is 0 Å². The molecular weight excluding hydrogens is 317 g/mol. The minimum absolute atomic E-state index is 0.242. The molecule has 0 spiro atoms. The first-order valence-corrected chi connectivity index (χ1v) is 6.74. The van der Waals surface area contributed by atoms with E-state index in [1.54, 1.807) is 0 Å². The van der Waals surface area contributed by atoms with Crippen LogP contribution in [0.2, 0.25) is 0 Å². The minimum atomic E-state index is 0.242. The number of hydrogen-bond donors (Lipinski definition) is 1. The molecule has 0 saturated carbocycles. The molecule has 1 aliphatic rings. The molecule has 0 bridgehead atoms. The molecule has 1 saturated heterocycles. The Kier molecular flexibility index (Phi) is 4.34. The molecule has 0 radical (unpaired) electrons. The lowest BCUT2D eigenvalue weighted by atomic mass is 10.0. The van der Waals surface area contributed by atoms with Crippen molar-refractivity contribution in [3.63, 3.8) is 0 Å². The Morgan fingerprint density at radius 1 is 1.38 bits per heavy atom. The molecule has 2 rings (SSSR count). The van der Waals surface area contributed by atoms with Crippen molar-refractivity contribution in [3.05, 3.63) is 16.0 Å². The highest BCUT2D eigenvalue weighted by Crippen LogP contribution is 2.23. The van der Waals surface area contributed by atoms with Crippen molar-refractivity contribution in [2.24, 2.45) is 0 Å². The van der Waals surface area contributed by atoms with Gasteiger partial charge >= 0.3 is 0 Å². The molecule has 1 unspecified atom stereocenters. The number of halogens is 1. The number of hydrogen-bond acceptors (Lipinski definition) is 4. The summed E-state index contributed by atoms with van der Waals surface area (Å²) >= 11 is 2.21. The Labute approximate surface area is 109 Å². The largest absolute Gasteiger partial charge is 0.396 e. The summed E-state index contributed by atoms with van der Waals surface area (Å²) < 4.78 is 1.05. The van der Waals surface area contributed by atoms with E-state index in [0.717, 1.165) is 28.9 Å². The third-order valence-corrected chi connectivity index (χ3v) is 3.51. The first kappa shape index (κ1) is 12.0. The summed E-state index contributed by atoms with van der Waals surface area (Å²) in [6.07, 6.45) is 8.06. The Balaban J connectivity index is 2.13. The lowest BCUT2D eigenvalue weighted by Gasteiger charge is -2.35. The predicted octanol–water partition coefficient (Wildman–Crippen LogP) is 1.82. The average molecular weight is 333 g/mol. The van der Waals surface area contributed by atoms with Gasteiger partial charge in [-0.3, -0.25) is 0 Å². The summed E-state index contributed by atoms with van der Waals surface area (Å²) in [6, 6.07) is 0.402. The number of aliphatic hydroxyl groups is 1. The maximum Gasteiger partial charge on any atom is 0.225 e. The van der Waals surface area contributed by atoms with E-state index in [4.69, 9.17) is 5.11 Å². The monoisotopic (exact) mass is 333 g/mol. The average Bonchev–Trinajstić information content (AvgIpc) is 2.32. The first-order chi connectivity index (χ1) is 7.81. The molecule has 16 heavy (non-hydrogen) atoms. The Morgan fingerprint density at radius 3 is 2.81 bits per heavy atom. The van der Waals surface area contributed by atoms with E-state index in [1.165, 1.54) is 12.8 Å². The van der Waals surface area contributed by atoms with Gasteiger partial charge in [0.15, 0.2) is 0 Å². The molecule has 0 amide bonds. The second-order valence-corrected chi connectivity index (χ2v) is 5.30. The SMILES string of the molecule is OCCC1CCCCN1c1ncc(I)cn1. The van der Waals surface area contributed by atoms with Gasteiger partial charge in [-0.1, -0.05) is 0 Å². The van der Waals surface area contributed by atoms with Crippen molar-refractivity contribution >= 4 is 28.5 Å². The molecule has 0 aliphatic carbocycles. The number of rotatable bonds is 3. The molecule has 1 aromatic rings. The van der Waals surface area contributed by atoms with Crippen molar-refractivity contribution in [1.29, 1.82) is 0 Å². The van der Waals surface area contributed by atoms with Gasteiger partial charge in [0, 0.05) is 35.2 Å². The van der Waals surface area contributed by atoms with Gasteiger partial charge in [-0.15, -0.1) is 0 Å². The third-order valence-electron chi connectivity index (χ3n) is 2.95. The van der Waals surface area contributed by atoms with Crippen LogP contribution in [0.3, 0.4) is 0 Å². The fourth-order valence-corrected chi connectivity index (χ4v) is 2.45. The van der Waals surface area contributed by atoms with Gasteiger partial charge in [-0.25, -0.2) is 9.97 Å². The number of piperidine rings is 1. The normalized spacial score (nSPS) is 21.1. The van der Waals surface area contributed by atoms with Crippen LogP contribution in [0.25, 0.3) is 0 Å². The molecule has 2 heterocycles. The minimum Gasteiger partial charge on any atom is -0.396 e. The smallest absolute Gasteiger partial charge is 0.225 e. The van der Waals surface area contributed by atoms with Crippen LogP contribution in [0, 0.1) is 3.57 Å². The zero-order valence-corrected chi connectivity index (χ0v) is 11.3. The quantitative estimate of drug-likeness (QED) is 0.858. The van der Waals surface area contributed by atoms with Crippen molar-refractivity contribution in [2.75, 3.05) is 18.1 Å². The first-order valence-electron chi connectivity index (χ1n) is 5.66. The Hall–Kier alpha value is -0.430. The predicted molar refractivity (Wildman–Crippen MR) is 71.4 cm³/mol. The molecule has 1 fully saturated rings. The highest BCUT2D eigenvalue weighted by molar-refractivity contribution is 14.1. The standard InChI is InChI=1S/C11H16IN3O/c12-9-7-13-11(14-8-9)15-5-2-1-3-10(15)4-6-16/h7-8,10,16H,1-6H2. The Morgan fingerprint density at radius 2 is 2.12 bits per heavy atom. The van der Waals surface area contributed by atoms with E-state index in [9.17, 15) is 0 Å². The fraction of sp³-hybridized carbons (Fsp3) is 0.636. The number of nitrogens with zero attached hydrogens (tertiary/aromatic N) is 3. The van der Waals surface area contributed by atoms with Crippen LogP contribution in [0.4, 0.5) is 5.95 Å². The van der Waals surface area contributed by atoms with Crippen molar-refractivity contribution < 1.29 is 5.11 Å². The molecular formula is C11H16IN3O. The van der Waals surface area contributed by atoms with Crippen LogP contribution >= 0.6 is 22.6 Å². The summed E-state index contributed by atoms with van der Waals surface area (Å²) in [5.74, 6) is 0.804. The van der Waals surface area contributed by atoms with Gasteiger partial charge in [-0.2, -0.15) is 0 Å². The molecule has 5 heteroatoms. The van der Waals surface area contributed by atoms with Gasteiger partial charge in [0.1, 0.15) is 0 Å². The van der Waals surface area contributed by atoms with Gasteiger partial charge in [0.2, 0.25) is 5.95 Å². The molecule has 1 N–H and O–H groups in total. The number of aliphatic hydroxyl groups excluding tert-OH is 1. The van der Waals surface area contributed by atoms with Crippen LogP contribution in [-0.4, -0.2) is 34.3 Å². The Bertz CT molecular complexity index is 329. The van der Waals surface area contributed by atoms with Gasteiger partial charge < -0.3 is 10.0 Å². The van der Waals surface area contributed by atoms with E-state index in [2.05, 4.69) is 37.5 Å². The van der Waals surface area contributed by atoms with E-state index in [0.29, 0.717) is 6.04 Å². The highest BCUT2D eigenvalue weighted by atomic mass is 127. The van der Waals surface area contributed by atoms with E-state index >= 15 is 0 Å². The third kappa shape index (κ3) is 2.82. The van der Waals surface area contributed by atoms with Crippen molar-refractivity contribution in [2.45, 2.75) is 31.7 Å². The fourth-order valence-electron chi connectivity index (χ4n) is 2.17. The summed E-state index contributed by atoms with van der Waals surface area (Å²) in [7, 11) is 0. The van der Waals surface area contributed by atoms with Crippen LogP contribution in [0.15, 0.2) is 12.4 Å². The van der Waals surface area contributed by atoms with E-state index in [-0.39, 0.29) is 6.61 Å². The van der Waals surface area contributed by atoms with E-state index < -0.39 is 0 Å². The second kappa shape index (κ2) is 5.77. The zero-order chi connectivity index (χ0) is 11.4. The molecule has 0 aromatic carbocycles. The molecule has 1 atom stereocenters. The van der Waals surface area contributed by atoms with Gasteiger partial charge in [-0.05, 0) is 48.3 Å². The lowest BCUT2D eigenvalue weighted by molar-refractivity contribution is 0.261. The van der Waals surface area contributed by atoms with Crippen LogP contribution in [0.5, 0.6) is 0 Å². The maximum atomic E-state index is 9.06. The lowest BCUT2D eigenvalue weighted by Crippen LogP contribution is -2.41. The second-order valence-electron chi connectivity index (χ2n) is 4.06. The van der Waals surface area contributed by atoms with Crippen LogP contribution in [0.1, 0.15) is 25.7 Å². The summed E-state index contributed by atoms with van der Waals surface area (Å²) in [4.78, 5) is 11.0. The topological polar surface area (TPSA) is 49.2 Å². The highest BCUT2D eigenvalue weighted by Gasteiger charge is 2.23. The van der Waals surface area contributed by atoms with Crippen LogP contribution < -0.4 is 4.90 Å². The summed E-state index contributed by atoms with van der Waals surface area (Å²) in [5.41, 5.74) is 0. The van der Waals surface area contributed by atoms with Crippen molar-refractivity contribution in [1.82, 2.24) is 9.97 Å². The number of anilines is 1. The zero-order valence-electron chi connectivity index (χ0n) is 9.14.